The maximum atomic E-state index is 12.9. The molecule has 1 aliphatic heterocycles. The Morgan fingerprint density at radius 2 is 1.59 bits per heavy atom. The van der Waals surface area contributed by atoms with Gasteiger partial charge < -0.3 is 9.64 Å². The average Bonchev–Trinajstić information content (AvgIpc) is 2.76. The van der Waals surface area contributed by atoms with Gasteiger partial charge in [-0.3, -0.25) is 9.69 Å². The molecule has 0 atom stereocenters. The van der Waals surface area contributed by atoms with E-state index in [0.29, 0.717) is 24.2 Å². The van der Waals surface area contributed by atoms with E-state index in [-0.39, 0.29) is 11.6 Å². The molecule has 2 aromatic rings. The van der Waals surface area contributed by atoms with Crippen molar-refractivity contribution in [1.82, 2.24) is 9.80 Å². The molecule has 0 radical (unpaired) electrons. The van der Waals surface area contributed by atoms with Crippen LogP contribution >= 0.6 is 0 Å². The minimum Gasteiger partial charge on any atom is -0.492 e. The smallest absolute Gasteiger partial charge is 0.162 e. The van der Waals surface area contributed by atoms with Crippen molar-refractivity contribution in [2.45, 2.75) is 12.8 Å². The molecule has 5 nitrogen and oxygen atoms in total. The van der Waals surface area contributed by atoms with Gasteiger partial charge in [0.1, 0.15) is 18.2 Å². The molecule has 1 saturated heterocycles. The predicted molar refractivity (Wildman–Crippen MR) is 109 cm³/mol. The average molecular weight is 395 g/mol. The fourth-order valence-corrected chi connectivity index (χ4v) is 3.40. The standard InChI is InChI=1S/C23H26FN3O2/c24-21-7-5-20(6-8-21)23(28)2-1-11-26-12-14-27(15-13-26)16-17-29-22-9-3-19(18-25)4-10-22/h3-10H,1-2,11-17H2. The van der Waals surface area contributed by atoms with Crippen molar-refractivity contribution in [2.75, 3.05) is 45.9 Å². The molecule has 0 aromatic heterocycles. The first-order valence-corrected chi connectivity index (χ1v) is 10.0. The van der Waals surface area contributed by atoms with Gasteiger partial charge in [-0.25, -0.2) is 4.39 Å². The number of ketones is 1. The van der Waals surface area contributed by atoms with E-state index in [2.05, 4.69) is 15.9 Å². The van der Waals surface area contributed by atoms with Gasteiger partial charge >= 0.3 is 0 Å². The summed E-state index contributed by atoms with van der Waals surface area (Å²) < 4.78 is 18.7. The molecule has 152 valence electrons. The lowest BCUT2D eigenvalue weighted by Crippen LogP contribution is -2.47. The molecule has 1 aliphatic rings. The Morgan fingerprint density at radius 3 is 2.21 bits per heavy atom. The Hall–Kier alpha value is -2.75. The number of piperazine rings is 1. The second-order valence-corrected chi connectivity index (χ2v) is 7.20. The lowest BCUT2D eigenvalue weighted by molar-refractivity contribution is 0.0953. The first-order chi connectivity index (χ1) is 14.1. The Morgan fingerprint density at radius 1 is 0.966 bits per heavy atom. The van der Waals surface area contributed by atoms with Crippen LogP contribution in [0.2, 0.25) is 0 Å². The molecule has 0 spiro atoms. The number of nitriles is 1. The number of carbonyl (C=O) groups is 1. The van der Waals surface area contributed by atoms with Crippen LogP contribution in [-0.2, 0) is 0 Å². The predicted octanol–water partition coefficient (Wildman–Crippen LogP) is 3.36. The van der Waals surface area contributed by atoms with Crippen molar-refractivity contribution < 1.29 is 13.9 Å². The van der Waals surface area contributed by atoms with E-state index in [4.69, 9.17) is 10.00 Å². The van der Waals surface area contributed by atoms with E-state index in [1.807, 2.05) is 12.1 Å². The fraction of sp³-hybridized carbons (Fsp3) is 0.391. The number of carbonyl (C=O) groups excluding carboxylic acids is 1. The lowest BCUT2D eigenvalue weighted by Gasteiger charge is -2.34. The maximum absolute atomic E-state index is 12.9. The summed E-state index contributed by atoms with van der Waals surface area (Å²) in [7, 11) is 0. The minimum absolute atomic E-state index is 0.0728. The summed E-state index contributed by atoms with van der Waals surface area (Å²) in [5.74, 6) is 0.541. The SMILES string of the molecule is N#Cc1ccc(OCCN2CCN(CCCC(=O)c3ccc(F)cc3)CC2)cc1. The Bertz CT molecular complexity index is 823. The lowest BCUT2D eigenvalue weighted by atomic mass is 10.1. The summed E-state index contributed by atoms with van der Waals surface area (Å²) in [5, 5.41) is 8.81. The highest BCUT2D eigenvalue weighted by molar-refractivity contribution is 5.95. The Kier molecular flexibility index (Phi) is 7.74. The second-order valence-electron chi connectivity index (χ2n) is 7.20. The van der Waals surface area contributed by atoms with E-state index in [9.17, 15) is 9.18 Å². The molecule has 29 heavy (non-hydrogen) atoms. The van der Waals surface area contributed by atoms with Gasteiger partial charge in [0.15, 0.2) is 5.78 Å². The maximum Gasteiger partial charge on any atom is 0.162 e. The number of halogens is 1. The molecule has 0 amide bonds. The molecule has 6 heteroatoms. The number of hydrogen-bond donors (Lipinski definition) is 0. The molecule has 0 bridgehead atoms. The van der Waals surface area contributed by atoms with Crippen LogP contribution in [0.4, 0.5) is 4.39 Å². The number of hydrogen-bond acceptors (Lipinski definition) is 5. The zero-order chi connectivity index (χ0) is 20.5. The topological polar surface area (TPSA) is 56.6 Å². The minimum atomic E-state index is -0.318. The van der Waals surface area contributed by atoms with Gasteiger partial charge in [-0.15, -0.1) is 0 Å². The highest BCUT2D eigenvalue weighted by Gasteiger charge is 2.17. The van der Waals surface area contributed by atoms with Crippen molar-refractivity contribution in [2.24, 2.45) is 0 Å². The molecule has 0 N–H and O–H groups in total. The number of ether oxygens (including phenoxy) is 1. The molecule has 1 heterocycles. The number of rotatable bonds is 9. The van der Waals surface area contributed by atoms with Crippen LogP contribution in [0.1, 0.15) is 28.8 Å². The zero-order valence-corrected chi connectivity index (χ0v) is 16.5. The third-order valence-corrected chi connectivity index (χ3v) is 5.17. The zero-order valence-electron chi connectivity index (χ0n) is 16.5. The summed E-state index contributed by atoms with van der Waals surface area (Å²) >= 11 is 0. The normalized spacial score (nSPS) is 15.0. The third kappa shape index (κ3) is 6.67. The van der Waals surface area contributed by atoms with Crippen LogP contribution in [0.25, 0.3) is 0 Å². The monoisotopic (exact) mass is 395 g/mol. The quantitative estimate of drug-likeness (QED) is 0.610. The second kappa shape index (κ2) is 10.7. The van der Waals surface area contributed by atoms with Crippen molar-refractivity contribution in [1.29, 1.82) is 5.26 Å². The molecule has 0 aliphatic carbocycles. The van der Waals surface area contributed by atoms with E-state index < -0.39 is 0 Å². The number of Topliss-reactive ketones (excluding diaryl/α,β-unsaturated/α-hetero) is 1. The summed E-state index contributed by atoms with van der Waals surface area (Å²) in [4.78, 5) is 16.9. The van der Waals surface area contributed by atoms with Gasteiger partial charge in [-0.2, -0.15) is 5.26 Å². The summed E-state index contributed by atoms with van der Waals surface area (Å²) in [6.07, 6.45) is 1.31. The highest BCUT2D eigenvalue weighted by Crippen LogP contribution is 2.12. The van der Waals surface area contributed by atoms with Crippen LogP contribution in [-0.4, -0.2) is 61.5 Å². The van der Waals surface area contributed by atoms with Crippen LogP contribution < -0.4 is 4.74 Å². The molecule has 2 aromatic carbocycles. The highest BCUT2D eigenvalue weighted by atomic mass is 19.1. The molecular formula is C23H26FN3O2. The number of nitrogens with zero attached hydrogens (tertiary/aromatic N) is 3. The third-order valence-electron chi connectivity index (χ3n) is 5.17. The van der Waals surface area contributed by atoms with Gasteiger partial charge in [-0.05, 0) is 61.5 Å². The Balaban J connectivity index is 1.28. The van der Waals surface area contributed by atoms with Gasteiger partial charge in [0.05, 0.1) is 11.6 Å². The van der Waals surface area contributed by atoms with Gasteiger partial charge in [0.25, 0.3) is 0 Å². The van der Waals surface area contributed by atoms with Crippen molar-refractivity contribution in [3.8, 4) is 11.8 Å². The molecule has 1 fully saturated rings. The number of benzene rings is 2. The van der Waals surface area contributed by atoms with Crippen molar-refractivity contribution in [3.05, 3.63) is 65.5 Å². The van der Waals surface area contributed by atoms with E-state index in [1.165, 1.54) is 12.1 Å². The van der Waals surface area contributed by atoms with Crippen molar-refractivity contribution in [3.63, 3.8) is 0 Å². The van der Waals surface area contributed by atoms with Gasteiger partial charge in [-0.1, -0.05) is 0 Å². The fourth-order valence-electron chi connectivity index (χ4n) is 3.40. The summed E-state index contributed by atoms with van der Waals surface area (Å²) in [5.41, 5.74) is 1.21. The van der Waals surface area contributed by atoms with Crippen molar-refractivity contribution >= 4 is 5.78 Å². The molecule has 3 rings (SSSR count). The largest absolute Gasteiger partial charge is 0.492 e. The van der Waals surface area contributed by atoms with Crippen LogP contribution in [0.5, 0.6) is 5.75 Å². The first-order valence-electron chi connectivity index (χ1n) is 10.0. The van der Waals surface area contributed by atoms with Crippen LogP contribution in [0, 0.1) is 17.1 Å². The van der Waals surface area contributed by atoms with Gasteiger partial charge in [0, 0.05) is 44.7 Å². The molecule has 0 unspecified atom stereocenters. The summed E-state index contributed by atoms with van der Waals surface area (Å²) in [6, 6.07) is 15.0. The summed E-state index contributed by atoms with van der Waals surface area (Å²) in [6.45, 7) is 6.35. The Labute approximate surface area is 171 Å². The van der Waals surface area contributed by atoms with E-state index in [0.717, 1.165) is 51.4 Å². The van der Waals surface area contributed by atoms with Crippen LogP contribution in [0.15, 0.2) is 48.5 Å². The molecular weight excluding hydrogens is 369 g/mol. The van der Waals surface area contributed by atoms with Crippen LogP contribution in [0.3, 0.4) is 0 Å². The first kappa shape index (κ1) is 21.0. The van der Waals surface area contributed by atoms with Gasteiger partial charge in [0.2, 0.25) is 0 Å². The van der Waals surface area contributed by atoms with E-state index in [1.54, 1.807) is 24.3 Å². The van der Waals surface area contributed by atoms with E-state index >= 15 is 0 Å². The molecule has 0 saturated carbocycles.